The van der Waals surface area contributed by atoms with Crippen molar-refractivity contribution >= 4 is 16.4 Å². The Labute approximate surface area is 334 Å². The van der Waals surface area contributed by atoms with Gasteiger partial charge >= 0.3 is 16.4 Å². The van der Waals surface area contributed by atoms with E-state index >= 15 is 0 Å². The Balaban J connectivity index is 2.35. The lowest BCUT2D eigenvalue weighted by atomic mass is 9.99. The van der Waals surface area contributed by atoms with E-state index in [0.717, 1.165) is 38.5 Å². The van der Waals surface area contributed by atoms with Gasteiger partial charge in [0.15, 0.2) is 6.29 Å². The first kappa shape index (κ1) is 51.9. The number of ether oxygens (including phenoxy) is 4. The highest BCUT2D eigenvalue weighted by Crippen LogP contribution is 2.26. The number of hydrogen-bond donors (Lipinski definition) is 4. The summed E-state index contributed by atoms with van der Waals surface area (Å²) in [7, 11) is -5.05. The number of allylic oxidation sites excluding steroid dienone is 2. The van der Waals surface area contributed by atoms with E-state index in [0.29, 0.717) is 13.0 Å². The topological polar surface area (TPSA) is 178 Å². The molecule has 326 valence electrons. The quantitative estimate of drug-likeness (QED) is 0.0202. The van der Waals surface area contributed by atoms with E-state index in [1.54, 1.807) is 0 Å². The van der Waals surface area contributed by atoms with Crippen LogP contribution in [0.5, 0.6) is 0 Å². The van der Waals surface area contributed by atoms with Crippen LogP contribution in [0, 0.1) is 0 Å². The van der Waals surface area contributed by atoms with Gasteiger partial charge in [0.1, 0.15) is 30.5 Å². The maximum atomic E-state index is 12.7. The lowest BCUT2D eigenvalue weighted by Gasteiger charge is -2.41. The molecule has 0 aromatic rings. The van der Waals surface area contributed by atoms with Crippen molar-refractivity contribution in [1.82, 2.24) is 0 Å². The molecule has 1 fully saturated rings. The molecular weight excluding hydrogens is 729 g/mol. The summed E-state index contributed by atoms with van der Waals surface area (Å²) in [6, 6.07) is 0. The summed E-state index contributed by atoms with van der Waals surface area (Å²) in [6.45, 7) is 3.95. The minimum Gasteiger partial charge on any atom is -0.457 e. The standard InChI is InChI=1S/C42H80O12S/c1-3-5-7-9-11-13-14-15-16-17-18-19-20-21-22-23-24-26-28-30-32-50-34-36(52-38(44)31-29-27-25-12-10-8-6-4-2)35-51-42-40(46)41(54-55(47,48)49)39(45)37(33-43)53-42/h15-16,36-37,39-43,45-46H,3-14,17-35H2,1-2H3,(H,47,48,49)/b16-15-. The minimum absolute atomic E-state index is 0.0396. The molecule has 12 nitrogen and oxygen atoms in total. The normalized spacial score (nSPS) is 21.0. The van der Waals surface area contributed by atoms with Gasteiger partial charge in [-0.25, -0.2) is 4.18 Å². The van der Waals surface area contributed by atoms with Gasteiger partial charge in [-0.15, -0.1) is 0 Å². The van der Waals surface area contributed by atoms with Crippen molar-refractivity contribution in [3.63, 3.8) is 0 Å². The molecule has 0 amide bonds. The lowest BCUT2D eigenvalue weighted by molar-refractivity contribution is -0.301. The molecule has 1 rings (SSSR count). The van der Waals surface area contributed by atoms with E-state index in [1.807, 2.05) is 0 Å². The first-order valence-corrected chi connectivity index (χ1v) is 23.3. The summed E-state index contributed by atoms with van der Waals surface area (Å²) in [4.78, 5) is 12.7. The van der Waals surface area contributed by atoms with Gasteiger partial charge < -0.3 is 34.3 Å². The number of aliphatic hydroxyl groups is 3. The van der Waals surface area contributed by atoms with Crippen molar-refractivity contribution in [2.75, 3.05) is 26.4 Å². The molecule has 0 spiro atoms. The number of hydrogen-bond acceptors (Lipinski definition) is 11. The zero-order valence-electron chi connectivity index (χ0n) is 34.5. The second-order valence-electron chi connectivity index (χ2n) is 15.3. The van der Waals surface area contributed by atoms with Crippen molar-refractivity contribution in [2.24, 2.45) is 0 Å². The summed E-state index contributed by atoms with van der Waals surface area (Å²) < 4.78 is 58.8. The molecule has 0 saturated carbocycles. The van der Waals surface area contributed by atoms with Crippen molar-refractivity contribution in [3.05, 3.63) is 12.2 Å². The van der Waals surface area contributed by atoms with Gasteiger partial charge in [0.2, 0.25) is 0 Å². The zero-order valence-corrected chi connectivity index (χ0v) is 35.3. The maximum Gasteiger partial charge on any atom is 0.397 e. The molecular formula is C42H80O12S. The molecule has 55 heavy (non-hydrogen) atoms. The molecule has 0 aromatic carbocycles. The van der Waals surface area contributed by atoms with Gasteiger partial charge in [-0.1, -0.05) is 154 Å². The Morgan fingerprint density at radius 2 is 1.15 bits per heavy atom. The fraction of sp³-hybridized carbons (Fsp3) is 0.929. The van der Waals surface area contributed by atoms with Crippen LogP contribution in [0.1, 0.15) is 187 Å². The third-order valence-electron chi connectivity index (χ3n) is 10.1. The third-order valence-corrected chi connectivity index (χ3v) is 10.6. The monoisotopic (exact) mass is 809 g/mol. The van der Waals surface area contributed by atoms with Gasteiger partial charge in [-0.05, 0) is 38.5 Å². The third kappa shape index (κ3) is 28.8. The van der Waals surface area contributed by atoms with E-state index in [4.69, 9.17) is 23.5 Å². The Bertz CT molecular complexity index is 1030. The second-order valence-corrected chi connectivity index (χ2v) is 16.3. The second kappa shape index (κ2) is 34.8. The van der Waals surface area contributed by atoms with Crippen LogP contribution in [0.2, 0.25) is 0 Å². The highest BCUT2D eigenvalue weighted by atomic mass is 32.3. The molecule has 1 saturated heterocycles. The highest BCUT2D eigenvalue weighted by molar-refractivity contribution is 7.80. The number of rotatable bonds is 38. The Morgan fingerprint density at radius 3 is 1.64 bits per heavy atom. The van der Waals surface area contributed by atoms with E-state index in [2.05, 4.69) is 30.2 Å². The van der Waals surface area contributed by atoms with Crippen LogP contribution in [0.4, 0.5) is 0 Å². The Kier molecular flexibility index (Phi) is 32.9. The van der Waals surface area contributed by atoms with Crippen molar-refractivity contribution < 1.29 is 56.2 Å². The van der Waals surface area contributed by atoms with Crippen LogP contribution in [0.25, 0.3) is 0 Å². The van der Waals surface area contributed by atoms with Crippen LogP contribution in [0.3, 0.4) is 0 Å². The summed E-state index contributed by atoms with van der Waals surface area (Å²) in [6.07, 6.45) is 27.0. The molecule has 0 radical (unpaired) electrons. The largest absolute Gasteiger partial charge is 0.457 e. The Hall–Kier alpha value is -1.16. The van der Waals surface area contributed by atoms with E-state index < -0.39 is 59.8 Å². The fourth-order valence-corrected chi connectivity index (χ4v) is 7.29. The number of carbonyl (C=O) groups excluding carboxylic acids is 1. The maximum absolute atomic E-state index is 12.7. The van der Waals surface area contributed by atoms with E-state index in [1.165, 1.54) is 122 Å². The van der Waals surface area contributed by atoms with E-state index in [9.17, 15) is 28.5 Å². The number of carbonyl (C=O) groups is 1. The molecule has 1 aliphatic rings. The molecule has 1 heterocycles. The van der Waals surface area contributed by atoms with Gasteiger partial charge in [-0.3, -0.25) is 9.35 Å². The van der Waals surface area contributed by atoms with Crippen LogP contribution >= 0.6 is 0 Å². The molecule has 0 aliphatic carbocycles. The van der Waals surface area contributed by atoms with Gasteiger partial charge in [0.25, 0.3) is 0 Å². The molecule has 6 atom stereocenters. The van der Waals surface area contributed by atoms with Crippen LogP contribution in [-0.4, -0.2) is 97.5 Å². The first-order valence-electron chi connectivity index (χ1n) is 21.9. The minimum atomic E-state index is -5.05. The van der Waals surface area contributed by atoms with Crippen molar-refractivity contribution in [3.8, 4) is 0 Å². The molecule has 13 heteroatoms. The number of unbranched alkanes of at least 4 members (excludes halogenated alkanes) is 23. The predicted molar refractivity (Wildman–Crippen MR) is 216 cm³/mol. The molecule has 0 aromatic heterocycles. The Morgan fingerprint density at radius 1 is 0.673 bits per heavy atom. The molecule has 6 unspecified atom stereocenters. The fourth-order valence-electron chi connectivity index (χ4n) is 6.78. The smallest absolute Gasteiger partial charge is 0.397 e. The summed E-state index contributed by atoms with van der Waals surface area (Å²) in [5.74, 6) is -0.403. The first-order chi connectivity index (χ1) is 26.6. The van der Waals surface area contributed by atoms with Gasteiger partial charge in [-0.2, -0.15) is 8.42 Å². The summed E-state index contributed by atoms with van der Waals surface area (Å²) in [5, 5.41) is 30.5. The average molecular weight is 809 g/mol. The lowest BCUT2D eigenvalue weighted by Crippen LogP contribution is -2.60. The number of aliphatic hydroxyl groups excluding tert-OH is 3. The van der Waals surface area contributed by atoms with Crippen LogP contribution < -0.4 is 0 Å². The summed E-state index contributed by atoms with van der Waals surface area (Å²) in [5.41, 5.74) is 0. The summed E-state index contributed by atoms with van der Waals surface area (Å²) >= 11 is 0. The van der Waals surface area contributed by atoms with Crippen LogP contribution in [0.15, 0.2) is 12.2 Å². The highest BCUT2D eigenvalue weighted by Gasteiger charge is 2.48. The van der Waals surface area contributed by atoms with Crippen molar-refractivity contribution in [2.45, 2.75) is 224 Å². The van der Waals surface area contributed by atoms with Crippen LogP contribution in [-0.2, 0) is 38.3 Å². The van der Waals surface area contributed by atoms with E-state index in [-0.39, 0.29) is 19.6 Å². The van der Waals surface area contributed by atoms with Gasteiger partial charge in [0, 0.05) is 13.0 Å². The molecule has 1 aliphatic heterocycles. The van der Waals surface area contributed by atoms with Crippen molar-refractivity contribution in [1.29, 1.82) is 0 Å². The van der Waals surface area contributed by atoms with Gasteiger partial charge in [0.05, 0.1) is 19.8 Å². The molecule has 0 bridgehead atoms. The average Bonchev–Trinajstić information content (AvgIpc) is 3.15. The number of esters is 1. The zero-order chi connectivity index (χ0) is 40.4. The predicted octanol–water partition coefficient (Wildman–Crippen LogP) is 8.69. The SMILES string of the molecule is CCCCCCCC/C=C\CCCCCCCCCCCCOCC(COC1OC(CO)C(O)C(OS(=O)(=O)O)C1O)OC(=O)CCCCCCCCCC. The molecule has 4 N–H and O–H groups in total.